The maximum absolute atomic E-state index is 11.7. The number of anilines is 1. The summed E-state index contributed by atoms with van der Waals surface area (Å²) in [4.78, 5) is 20.6. The number of aryl methyl sites for hydroxylation is 1. The molecule has 0 aliphatic heterocycles. The topological polar surface area (TPSA) is 95.2 Å². The molecule has 1 amide bonds. The number of fused-ring (bicyclic) bond motifs is 1. The molecule has 0 radical (unpaired) electrons. The van der Waals surface area contributed by atoms with Gasteiger partial charge in [-0.15, -0.1) is 22.7 Å². The van der Waals surface area contributed by atoms with Gasteiger partial charge in [-0.1, -0.05) is 18.2 Å². The fourth-order valence-corrected chi connectivity index (χ4v) is 6.24. The molecule has 4 aromatic rings. The third-order valence-electron chi connectivity index (χ3n) is 4.38. The second-order valence-corrected chi connectivity index (χ2v) is 12.1. The zero-order chi connectivity index (χ0) is 22.0. The molecule has 0 spiro atoms. The Balaban J connectivity index is 1.51. The number of aromatic amines is 1. The monoisotopic (exact) mass is 492 g/mol. The SMILES string of the molecule is CN(Sc1cccs1)c1cccc2cc(-c3ncc(CCC(=O)NS(C)(=O)=O)s3)[nH]c12. The predicted molar refractivity (Wildman–Crippen MR) is 129 cm³/mol. The Morgan fingerprint density at radius 3 is 2.87 bits per heavy atom. The van der Waals surface area contributed by atoms with Crippen LogP contribution in [0.5, 0.6) is 0 Å². The first kappa shape index (κ1) is 21.9. The molecule has 3 aromatic heterocycles. The Morgan fingerprint density at radius 2 is 2.13 bits per heavy atom. The van der Waals surface area contributed by atoms with Crippen molar-refractivity contribution in [3.05, 3.63) is 52.9 Å². The molecule has 1 aromatic carbocycles. The number of thiazole rings is 1. The zero-order valence-corrected chi connectivity index (χ0v) is 20.1. The quantitative estimate of drug-likeness (QED) is 0.352. The molecule has 0 aliphatic carbocycles. The highest BCUT2D eigenvalue weighted by Gasteiger charge is 2.15. The maximum Gasteiger partial charge on any atom is 0.233 e. The van der Waals surface area contributed by atoms with Crippen molar-refractivity contribution in [3.8, 4) is 10.7 Å². The summed E-state index contributed by atoms with van der Waals surface area (Å²) in [5.74, 6) is -0.515. The van der Waals surface area contributed by atoms with Crippen molar-refractivity contribution in [2.75, 3.05) is 17.6 Å². The van der Waals surface area contributed by atoms with E-state index in [0.29, 0.717) is 6.42 Å². The predicted octanol–water partition coefficient (Wildman–Crippen LogP) is 4.50. The van der Waals surface area contributed by atoms with E-state index in [1.807, 2.05) is 23.9 Å². The standard InChI is InChI=1S/C20H20N4O3S4/c1-24(30-18-7-4-10-28-18)16-6-3-5-13-11-15(22-19(13)16)20-21-12-14(29-20)8-9-17(25)23-31(2,26)27/h3-7,10-12,22H,8-9H2,1-2H3,(H,23,25). The molecule has 7 nitrogen and oxygen atoms in total. The molecule has 0 saturated heterocycles. The van der Waals surface area contributed by atoms with Crippen molar-refractivity contribution in [1.29, 1.82) is 0 Å². The molecule has 0 saturated carbocycles. The molecule has 0 bridgehead atoms. The van der Waals surface area contributed by atoms with Crippen LogP contribution in [0.1, 0.15) is 11.3 Å². The van der Waals surface area contributed by atoms with Gasteiger partial charge in [-0.05, 0) is 41.9 Å². The van der Waals surface area contributed by atoms with Crippen molar-refractivity contribution < 1.29 is 13.2 Å². The van der Waals surface area contributed by atoms with Crippen LogP contribution in [0.3, 0.4) is 0 Å². The van der Waals surface area contributed by atoms with Gasteiger partial charge in [0.2, 0.25) is 15.9 Å². The van der Waals surface area contributed by atoms with E-state index in [4.69, 9.17) is 0 Å². The minimum absolute atomic E-state index is 0.0935. The number of amides is 1. The highest BCUT2D eigenvalue weighted by Crippen LogP contribution is 2.36. The Hall–Kier alpha value is -2.34. The van der Waals surface area contributed by atoms with Gasteiger partial charge in [-0.2, -0.15) is 0 Å². The Labute approximate surface area is 192 Å². The summed E-state index contributed by atoms with van der Waals surface area (Å²) in [5, 5.41) is 3.98. The summed E-state index contributed by atoms with van der Waals surface area (Å²) >= 11 is 4.88. The van der Waals surface area contributed by atoms with Crippen LogP contribution >= 0.6 is 34.6 Å². The number of hydrogen-bond acceptors (Lipinski definition) is 8. The first-order valence-corrected chi connectivity index (χ1v) is 13.7. The Kier molecular flexibility index (Phi) is 6.37. The lowest BCUT2D eigenvalue weighted by Crippen LogP contribution is -2.29. The lowest BCUT2D eigenvalue weighted by Gasteiger charge is -2.17. The second kappa shape index (κ2) is 9.03. The minimum atomic E-state index is -3.53. The average Bonchev–Trinajstić information content (AvgIpc) is 3.44. The van der Waals surface area contributed by atoms with E-state index in [-0.39, 0.29) is 6.42 Å². The van der Waals surface area contributed by atoms with Gasteiger partial charge in [-0.25, -0.2) is 13.4 Å². The molecular formula is C20H20N4O3S4. The first-order valence-electron chi connectivity index (χ1n) is 9.31. The average molecular weight is 493 g/mol. The number of benzene rings is 1. The van der Waals surface area contributed by atoms with Gasteiger partial charge in [-0.3, -0.25) is 9.52 Å². The van der Waals surface area contributed by atoms with Gasteiger partial charge >= 0.3 is 0 Å². The fraction of sp³-hybridized carbons (Fsp3) is 0.200. The van der Waals surface area contributed by atoms with Crippen molar-refractivity contribution in [2.45, 2.75) is 17.1 Å². The van der Waals surface area contributed by atoms with Crippen molar-refractivity contribution in [2.24, 2.45) is 0 Å². The van der Waals surface area contributed by atoms with Crippen molar-refractivity contribution in [3.63, 3.8) is 0 Å². The summed E-state index contributed by atoms with van der Waals surface area (Å²) in [6.45, 7) is 0. The largest absolute Gasteiger partial charge is 0.351 e. The van der Waals surface area contributed by atoms with Crippen LogP contribution in [-0.2, 0) is 21.2 Å². The van der Waals surface area contributed by atoms with E-state index >= 15 is 0 Å². The molecule has 162 valence electrons. The van der Waals surface area contributed by atoms with Crippen LogP contribution < -0.4 is 9.03 Å². The molecular weight excluding hydrogens is 473 g/mol. The Bertz CT molecular complexity index is 1310. The number of hydrogen-bond donors (Lipinski definition) is 2. The third-order valence-corrected chi connectivity index (χ3v) is 8.03. The van der Waals surface area contributed by atoms with Gasteiger partial charge in [0.05, 0.1) is 27.4 Å². The van der Waals surface area contributed by atoms with Gasteiger partial charge in [0.15, 0.2) is 0 Å². The van der Waals surface area contributed by atoms with E-state index in [0.717, 1.165) is 38.4 Å². The highest BCUT2D eigenvalue weighted by atomic mass is 32.2. The van der Waals surface area contributed by atoms with Crippen LogP contribution in [0.25, 0.3) is 21.6 Å². The Morgan fingerprint density at radius 1 is 1.29 bits per heavy atom. The summed E-state index contributed by atoms with van der Waals surface area (Å²) in [6.07, 6.45) is 3.23. The van der Waals surface area contributed by atoms with Gasteiger partial charge < -0.3 is 9.29 Å². The summed E-state index contributed by atoms with van der Waals surface area (Å²) in [7, 11) is -1.49. The van der Waals surface area contributed by atoms with Gasteiger partial charge in [0.1, 0.15) is 5.01 Å². The number of H-pyrrole nitrogens is 1. The number of carbonyl (C=O) groups is 1. The summed E-state index contributed by atoms with van der Waals surface area (Å²) in [6, 6.07) is 12.4. The smallest absolute Gasteiger partial charge is 0.233 e. The highest BCUT2D eigenvalue weighted by molar-refractivity contribution is 8.02. The lowest BCUT2D eigenvalue weighted by atomic mass is 10.2. The van der Waals surface area contributed by atoms with E-state index < -0.39 is 15.9 Å². The van der Waals surface area contributed by atoms with E-state index in [1.54, 1.807) is 29.5 Å². The number of sulfonamides is 1. The minimum Gasteiger partial charge on any atom is -0.351 e. The zero-order valence-electron chi connectivity index (χ0n) is 16.8. The summed E-state index contributed by atoms with van der Waals surface area (Å²) in [5.41, 5.74) is 3.03. The van der Waals surface area contributed by atoms with Gasteiger partial charge in [0.25, 0.3) is 0 Å². The number of para-hydroxylation sites is 1. The number of nitrogens with zero attached hydrogens (tertiary/aromatic N) is 2. The van der Waals surface area contributed by atoms with Crippen molar-refractivity contribution in [1.82, 2.24) is 14.7 Å². The van der Waals surface area contributed by atoms with Crippen LogP contribution in [0.15, 0.2) is 52.2 Å². The maximum atomic E-state index is 11.7. The lowest BCUT2D eigenvalue weighted by molar-refractivity contribution is -0.119. The molecule has 31 heavy (non-hydrogen) atoms. The summed E-state index contributed by atoms with van der Waals surface area (Å²) < 4.78 is 27.6. The van der Waals surface area contributed by atoms with Crippen LogP contribution in [0.2, 0.25) is 0 Å². The molecule has 0 atom stereocenters. The number of nitrogens with one attached hydrogen (secondary N) is 2. The molecule has 0 unspecified atom stereocenters. The van der Waals surface area contributed by atoms with E-state index in [1.165, 1.54) is 15.5 Å². The van der Waals surface area contributed by atoms with Crippen LogP contribution in [0, 0.1) is 0 Å². The second-order valence-electron chi connectivity index (χ2n) is 6.87. The van der Waals surface area contributed by atoms with Crippen LogP contribution in [-0.4, -0.2) is 37.6 Å². The molecule has 0 aliphatic rings. The van der Waals surface area contributed by atoms with E-state index in [9.17, 15) is 13.2 Å². The molecule has 3 heterocycles. The number of rotatable bonds is 8. The molecule has 2 N–H and O–H groups in total. The fourth-order valence-electron chi connectivity index (χ4n) is 3.06. The number of carbonyl (C=O) groups excluding carboxylic acids is 1. The number of thiophene rings is 1. The normalized spacial score (nSPS) is 11.7. The third kappa shape index (κ3) is 5.48. The van der Waals surface area contributed by atoms with Gasteiger partial charge in [0, 0.05) is 29.9 Å². The van der Waals surface area contributed by atoms with Crippen molar-refractivity contribution >= 4 is 67.1 Å². The molecule has 0 fully saturated rings. The van der Waals surface area contributed by atoms with Crippen LogP contribution in [0.4, 0.5) is 5.69 Å². The molecule has 11 heteroatoms. The number of aromatic nitrogens is 2. The first-order chi connectivity index (χ1) is 14.8. The molecule has 4 rings (SSSR count). The van der Waals surface area contributed by atoms with E-state index in [2.05, 4.69) is 43.9 Å².